The van der Waals surface area contributed by atoms with Crippen LogP contribution in [0, 0.1) is 5.82 Å². The molecule has 2 rings (SSSR count). The van der Waals surface area contributed by atoms with Crippen molar-refractivity contribution in [1.29, 1.82) is 0 Å². The Hall–Kier alpha value is -1.10. The maximum Gasteiger partial charge on any atom is 0.124 e. The van der Waals surface area contributed by atoms with Gasteiger partial charge in [-0.15, -0.1) is 0 Å². The van der Waals surface area contributed by atoms with E-state index in [0.29, 0.717) is 28.0 Å². The molecule has 2 aromatic carbocycles. The van der Waals surface area contributed by atoms with E-state index >= 15 is 0 Å². The van der Waals surface area contributed by atoms with E-state index in [4.69, 9.17) is 16.3 Å². The number of hydrogen-bond acceptors (Lipinski definition) is 2. The summed E-state index contributed by atoms with van der Waals surface area (Å²) in [6.45, 7) is 2.47. The van der Waals surface area contributed by atoms with Crippen molar-refractivity contribution in [3.8, 4) is 5.75 Å². The van der Waals surface area contributed by atoms with Crippen LogP contribution in [0.2, 0.25) is 5.02 Å². The van der Waals surface area contributed by atoms with Gasteiger partial charge in [-0.25, -0.2) is 4.39 Å². The molecule has 0 saturated heterocycles. The van der Waals surface area contributed by atoms with Crippen molar-refractivity contribution in [3.05, 3.63) is 62.8 Å². The molecule has 0 heterocycles. The molecule has 0 aliphatic carbocycles. The molecule has 0 aliphatic rings. The van der Waals surface area contributed by atoms with Crippen LogP contribution in [-0.2, 0) is 0 Å². The second-order valence-electron chi connectivity index (χ2n) is 4.18. The Labute approximate surface area is 130 Å². The van der Waals surface area contributed by atoms with Crippen LogP contribution in [0.1, 0.15) is 24.2 Å². The van der Waals surface area contributed by atoms with Gasteiger partial charge in [-0.3, -0.25) is 0 Å². The minimum atomic E-state index is -0.937. The molecule has 1 atom stereocenters. The maximum absolute atomic E-state index is 13.0. The molecule has 0 aromatic heterocycles. The molecule has 0 radical (unpaired) electrons. The Bertz CT molecular complexity index is 619. The molecule has 0 amide bonds. The Morgan fingerprint density at radius 2 is 1.95 bits per heavy atom. The van der Waals surface area contributed by atoms with Gasteiger partial charge in [-0.05, 0) is 36.8 Å². The first kappa shape index (κ1) is 15.3. The SMILES string of the molecule is CCOc1ccc(C(O)c2ccc(F)cc2Cl)c(Br)c1. The van der Waals surface area contributed by atoms with Crippen LogP contribution < -0.4 is 4.74 Å². The highest BCUT2D eigenvalue weighted by molar-refractivity contribution is 9.10. The average Bonchev–Trinajstić information content (AvgIpc) is 2.38. The molecule has 20 heavy (non-hydrogen) atoms. The van der Waals surface area contributed by atoms with Crippen LogP contribution in [0.3, 0.4) is 0 Å². The monoisotopic (exact) mass is 358 g/mol. The van der Waals surface area contributed by atoms with Crippen molar-refractivity contribution in [3.63, 3.8) is 0 Å². The molecule has 1 N–H and O–H groups in total. The predicted molar refractivity (Wildman–Crippen MR) is 80.8 cm³/mol. The highest BCUT2D eigenvalue weighted by Crippen LogP contribution is 2.34. The van der Waals surface area contributed by atoms with E-state index in [9.17, 15) is 9.50 Å². The highest BCUT2D eigenvalue weighted by atomic mass is 79.9. The smallest absolute Gasteiger partial charge is 0.124 e. The molecule has 106 valence electrons. The number of aliphatic hydroxyl groups excluding tert-OH is 1. The summed E-state index contributed by atoms with van der Waals surface area (Å²) in [6.07, 6.45) is -0.937. The molecule has 0 fully saturated rings. The summed E-state index contributed by atoms with van der Waals surface area (Å²) < 4.78 is 19.1. The van der Waals surface area contributed by atoms with Gasteiger partial charge < -0.3 is 9.84 Å². The molecule has 1 unspecified atom stereocenters. The normalized spacial score (nSPS) is 12.2. The van der Waals surface area contributed by atoms with E-state index in [0.717, 1.165) is 0 Å². The molecule has 0 saturated carbocycles. The zero-order valence-electron chi connectivity index (χ0n) is 10.7. The zero-order valence-corrected chi connectivity index (χ0v) is 13.1. The maximum atomic E-state index is 13.0. The highest BCUT2D eigenvalue weighted by Gasteiger charge is 2.17. The van der Waals surface area contributed by atoms with Crippen LogP contribution >= 0.6 is 27.5 Å². The summed E-state index contributed by atoms with van der Waals surface area (Å²) in [5.41, 5.74) is 1.10. The Balaban J connectivity index is 2.35. The predicted octanol–water partition coefficient (Wildman–Crippen LogP) is 4.72. The summed E-state index contributed by atoms with van der Waals surface area (Å²) in [5.74, 6) is 0.275. The second-order valence-corrected chi connectivity index (χ2v) is 5.45. The van der Waals surface area contributed by atoms with E-state index < -0.39 is 11.9 Å². The quantitative estimate of drug-likeness (QED) is 0.856. The third-order valence-electron chi connectivity index (χ3n) is 2.83. The standard InChI is InChI=1S/C15H13BrClFO2/c1-2-20-10-4-6-11(13(16)8-10)15(19)12-5-3-9(18)7-14(12)17/h3-8,15,19H,2H2,1H3. The number of halogens is 3. The van der Waals surface area contributed by atoms with Gasteiger partial charge in [0.1, 0.15) is 17.7 Å². The molecular formula is C15H13BrClFO2. The summed E-state index contributed by atoms with van der Waals surface area (Å²) >= 11 is 9.36. The van der Waals surface area contributed by atoms with Crippen LogP contribution in [0.15, 0.2) is 40.9 Å². The van der Waals surface area contributed by atoms with Gasteiger partial charge in [0.2, 0.25) is 0 Å². The fourth-order valence-electron chi connectivity index (χ4n) is 1.88. The van der Waals surface area contributed by atoms with Gasteiger partial charge in [0.05, 0.1) is 6.61 Å². The van der Waals surface area contributed by atoms with E-state index in [1.54, 1.807) is 18.2 Å². The number of benzene rings is 2. The Morgan fingerprint density at radius 1 is 1.25 bits per heavy atom. The van der Waals surface area contributed by atoms with Crippen LogP contribution in [0.5, 0.6) is 5.75 Å². The molecule has 0 bridgehead atoms. The first-order valence-electron chi connectivity index (χ1n) is 6.08. The summed E-state index contributed by atoms with van der Waals surface area (Å²) in [5, 5.41) is 10.6. The van der Waals surface area contributed by atoms with Crippen molar-refractivity contribution < 1.29 is 14.2 Å². The second kappa shape index (κ2) is 6.57. The zero-order chi connectivity index (χ0) is 14.7. The number of aliphatic hydroxyl groups is 1. The summed E-state index contributed by atoms with van der Waals surface area (Å²) in [7, 11) is 0. The van der Waals surface area contributed by atoms with Crippen LogP contribution in [-0.4, -0.2) is 11.7 Å². The van der Waals surface area contributed by atoms with Crippen molar-refractivity contribution in [2.45, 2.75) is 13.0 Å². The van der Waals surface area contributed by atoms with Crippen LogP contribution in [0.4, 0.5) is 4.39 Å². The Morgan fingerprint density at radius 3 is 2.55 bits per heavy atom. The first-order chi connectivity index (χ1) is 9.52. The number of ether oxygens (including phenoxy) is 1. The van der Waals surface area contributed by atoms with Gasteiger partial charge in [-0.1, -0.05) is 39.7 Å². The molecular weight excluding hydrogens is 347 g/mol. The van der Waals surface area contributed by atoms with Gasteiger partial charge in [0.15, 0.2) is 0 Å². The molecule has 2 aromatic rings. The molecule has 0 spiro atoms. The van der Waals surface area contributed by atoms with Crippen molar-refractivity contribution in [2.75, 3.05) is 6.61 Å². The topological polar surface area (TPSA) is 29.5 Å². The number of hydrogen-bond donors (Lipinski definition) is 1. The van der Waals surface area contributed by atoms with E-state index in [1.807, 2.05) is 6.92 Å². The lowest BCUT2D eigenvalue weighted by Crippen LogP contribution is -2.02. The first-order valence-corrected chi connectivity index (χ1v) is 7.25. The van der Waals surface area contributed by atoms with Crippen molar-refractivity contribution in [2.24, 2.45) is 0 Å². The third-order valence-corrected chi connectivity index (χ3v) is 3.85. The molecule has 5 heteroatoms. The van der Waals surface area contributed by atoms with Gasteiger partial charge in [0.25, 0.3) is 0 Å². The molecule has 0 aliphatic heterocycles. The minimum Gasteiger partial charge on any atom is -0.494 e. The van der Waals surface area contributed by atoms with Gasteiger partial charge >= 0.3 is 0 Å². The third kappa shape index (κ3) is 3.32. The van der Waals surface area contributed by atoms with E-state index in [2.05, 4.69) is 15.9 Å². The van der Waals surface area contributed by atoms with E-state index in [1.165, 1.54) is 18.2 Å². The fraction of sp³-hybridized carbons (Fsp3) is 0.200. The van der Waals surface area contributed by atoms with Gasteiger partial charge in [0, 0.05) is 15.1 Å². The lowest BCUT2D eigenvalue weighted by atomic mass is 10.0. The van der Waals surface area contributed by atoms with Crippen LogP contribution in [0.25, 0.3) is 0 Å². The van der Waals surface area contributed by atoms with Gasteiger partial charge in [-0.2, -0.15) is 0 Å². The minimum absolute atomic E-state index is 0.193. The van der Waals surface area contributed by atoms with E-state index in [-0.39, 0.29) is 5.02 Å². The van der Waals surface area contributed by atoms with Crippen molar-refractivity contribution in [1.82, 2.24) is 0 Å². The fourth-order valence-corrected chi connectivity index (χ4v) is 2.72. The lowest BCUT2D eigenvalue weighted by molar-refractivity contribution is 0.219. The average molecular weight is 360 g/mol. The summed E-state index contributed by atoms with van der Waals surface area (Å²) in [4.78, 5) is 0. The van der Waals surface area contributed by atoms with Crippen molar-refractivity contribution >= 4 is 27.5 Å². The number of rotatable bonds is 4. The largest absolute Gasteiger partial charge is 0.494 e. The Kier molecular flexibility index (Phi) is 5.02. The lowest BCUT2D eigenvalue weighted by Gasteiger charge is -2.16. The molecule has 2 nitrogen and oxygen atoms in total. The summed E-state index contributed by atoms with van der Waals surface area (Å²) in [6, 6.07) is 9.23.